The quantitative estimate of drug-likeness (QED) is 0.569. The Hall–Kier alpha value is -1.59. The number of hydrogen-bond acceptors (Lipinski definition) is 4. The number of carbonyl (C=O) groups is 1. The highest BCUT2D eigenvalue weighted by molar-refractivity contribution is 5.82. The molecular formula is C12H18N2O3. The Morgan fingerprint density at radius 2 is 2.00 bits per heavy atom. The summed E-state index contributed by atoms with van der Waals surface area (Å²) in [5, 5.41) is 20.5. The minimum absolute atomic E-state index is 0.113. The molecule has 5 N–H and O–H groups in total. The van der Waals surface area contributed by atoms with Crippen LogP contribution in [0.25, 0.3) is 0 Å². The van der Waals surface area contributed by atoms with Gasteiger partial charge in [0.1, 0.15) is 5.75 Å². The Kier molecular flexibility index (Phi) is 4.93. The summed E-state index contributed by atoms with van der Waals surface area (Å²) in [4.78, 5) is 11.6. The summed E-state index contributed by atoms with van der Waals surface area (Å²) in [5.41, 5.74) is 6.61. The van der Waals surface area contributed by atoms with E-state index in [0.29, 0.717) is 6.42 Å². The molecule has 0 heterocycles. The van der Waals surface area contributed by atoms with Gasteiger partial charge in [-0.2, -0.15) is 0 Å². The van der Waals surface area contributed by atoms with Crippen molar-refractivity contribution in [2.45, 2.75) is 25.4 Å². The largest absolute Gasteiger partial charge is 0.508 e. The molecule has 0 aliphatic rings. The average molecular weight is 238 g/mol. The zero-order valence-electron chi connectivity index (χ0n) is 9.76. The van der Waals surface area contributed by atoms with E-state index in [0.717, 1.165) is 5.56 Å². The van der Waals surface area contributed by atoms with Gasteiger partial charge in [0.05, 0.1) is 12.6 Å². The lowest BCUT2D eigenvalue weighted by Gasteiger charge is -2.15. The third-order valence-electron chi connectivity index (χ3n) is 2.39. The van der Waals surface area contributed by atoms with E-state index >= 15 is 0 Å². The highest BCUT2D eigenvalue weighted by Crippen LogP contribution is 2.10. The Bertz CT molecular complexity index is 365. The number of carbonyl (C=O) groups excluding carboxylic acids is 1. The summed E-state index contributed by atoms with van der Waals surface area (Å²) in [6.45, 7) is 1.59. The van der Waals surface area contributed by atoms with Gasteiger partial charge in [0.2, 0.25) is 5.91 Å². The Morgan fingerprint density at radius 3 is 2.53 bits per heavy atom. The topological polar surface area (TPSA) is 95.6 Å². The van der Waals surface area contributed by atoms with E-state index in [1.165, 1.54) is 0 Å². The first-order valence-corrected chi connectivity index (χ1v) is 5.47. The van der Waals surface area contributed by atoms with Gasteiger partial charge in [0, 0.05) is 6.04 Å². The van der Waals surface area contributed by atoms with E-state index in [4.69, 9.17) is 15.9 Å². The van der Waals surface area contributed by atoms with E-state index in [2.05, 4.69) is 5.32 Å². The van der Waals surface area contributed by atoms with Crippen LogP contribution in [-0.2, 0) is 11.2 Å². The second kappa shape index (κ2) is 6.22. The molecule has 0 bridgehead atoms. The van der Waals surface area contributed by atoms with E-state index in [9.17, 15) is 4.79 Å². The van der Waals surface area contributed by atoms with Crippen LogP contribution < -0.4 is 11.1 Å². The Labute approximate surface area is 100 Å². The van der Waals surface area contributed by atoms with Crippen molar-refractivity contribution >= 4 is 5.91 Å². The molecule has 1 rings (SSSR count). The lowest BCUT2D eigenvalue weighted by molar-refractivity contribution is -0.123. The molecule has 5 nitrogen and oxygen atoms in total. The van der Waals surface area contributed by atoms with Crippen LogP contribution in [0.2, 0.25) is 0 Å². The molecule has 0 saturated carbocycles. The molecule has 17 heavy (non-hydrogen) atoms. The van der Waals surface area contributed by atoms with Crippen molar-refractivity contribution < 1.29 is 15.0 Å². The van der Waals surface area contributed by atoms with Gasteiger partial charge in [-0.25, -0.2) is 0 Å². The molecule has 1 aromatic carbocycles. The SMILES string of the molecule is C[C@@H](CO)NC(=O)[C@@H](N)Cc1ccc(O)cc1. The summed E-state index contributed by atoms with van der Waals surface area (Å²) < 4.78 is 0. The number of phenols is 1. The minimum Gasteiger partial charge on any atom is -0.508 e. The monoisotopic (exact) mass is 238 g/mol. The van der Waals surface area contributed by atoms with Crippen LogP contribution in [0.5, 0.6) is 5.75 Å². The second-order valence-corrected chi connectivity index (χ2v) is 4.07. The molecule has 94 valence electrons. The van der Waals surface area contributed by atoms with Gasteiger partial charge >= 0.3 is 0 Å². The van der Waals surface area contributed by atoms with Gasteiger partial charge in [0.25, 0.3) is 0 Å². The minimum atomic E-state index is -0.659. The first-order valence-electron chi connectivity index (χ1n) is 5.47. The normalized spacial score (nSPS) is 14.1. The molecule has 0 aliphatic carbocycles. The second-order valence-electron chi connectivity index (χ2n) is 4.07. The maximum absolute atomic E-state index is 11.6. The molecule has 5 heteroatoms. The molecule has 0 unspecified atom stereocenters. The summed E-state index contributed by atoms with van der Waals surface area (Å²) in [6.07, 6.45) is 0.393. The molecular weight excluding hydrogens is 220 g/mol. The number of phenolic OH excluding ortho intramolecular Hbond substituents is 1. The smallest absolute Gasteiger partial charge is 0.237 e. The third-order valence-corrected chi connectivity index (χ3v) is 2.39. The highest BCUT2D eigenvalue weighted by Gasteiger charge is 2.15. The third kappa shape index (κ3) is 4.42. The zero-order valence-corrected chi connectivity index (χ0v) is 9.76. The standard InChI is InChI=1S/C12H18N2O3/c1-8(7-15)14-12(17)11(13)6-9-2-4-10(16)5-3-9/h2-5,8,11,15-16H,6-7,13H2,1H3,(H,14,17)/t8-,11-/m0/s1. The number of aromatic hydroxyl groups is 1. The molecule has 0 saturated heterocycles. The van der Waals surface area contributed by atoms with E-state index in [-0.39, 0.29) is 24.3 Å². The number of aliphatic hydroxyl groups is 1. The van der Waals surface area contributed by atoms with Crippen LogP contribution >= 0.6 is 0 Å². The van der Waals surface area contributed by atoms with Crippen molar-refractivity contribution in [2.24, 2.45) is 5.73 Å². The molecule has 1 aromatic rings. The van der Waals surface area contributed by atoms with Crippen molar-refractivity contribution in [3.8, 4) is 5.75 Å². The Balaban J connectivity index is 2.51. The predicted octanol–water partition coefficient (Wildman–Crippen LogP) is -0.241. The molecule has 0 aliphatic heterocycles. The number of aliphatic hydroxyl groups excluding tert-OH is 1. The van der Waals surface area contributed by atoms with Gasteiger partial charge in [-0.3, -0.25) is 4.79 Å². The van der Waals surface area contributed by atoms with Gasteiger partial charge in [0.15, 0.2) is 0 Å². The summed E-state index contributed by atoms with van der Waals surface area (Å²) in [7, 11) is 0. The van der Waals surface area contributed by atoms with Crippen molar-refractivity contribution in [2.75, 3.05) is 6.61 Å². The van der Waals surface area contributed by atoms with Crippen LogP contribution in [-0.4, -0.2) is 34.8 Å². The van der Waals surface area contributed by atoms with E-state index in [1.54, 1.807) is 31.2 Å². The number of hydrogen-bond donors (Lipinski definition) is 4. The first kappa shape index (κ1) is 13.5. The van der Waals surface area contributed by atoms with Crippen LogP contribution in [0.1, 0.15) is 12.5 Å². The fraction of sp³-hybridized carbons (Fsp3) is 0.417. The lowest BCUT2D eigenvalue weighted by atomic mass is 10.1. The van der Waals surface area contributed by atoms with Crippen molar-refractivity contribution in [3.63, 3.8) is 0 Å². The summed E-state index contributed by atoms with van der Waals surface area (Å²) in [5.74, 6) is -0.111. The molecule has 1 amide bonds. The number of nitrogens with two attached hydrogens (primary N) is 1. The molecule has 0 aromatic heterocycles. The molecule has 0 radical (unpaired) electrons. The number of amides is 1. The average Bonchev–Trinajstić information content (AvgIpc) is 2.31. The van der Waals surface area contributed by atoms with Crippen LogP contribution in [0.4, 0.5) is 0 Å². The van der Waals surface area contributed by atoms with Gasteiger partial charge < -0.3 is 21.3 Å². The first-order chi connectivity index (χ1) is 8.02. The van der Waals surface area contributed by atoms with E-state index < -0.39 is 6.04 Å². The maximum atomic E-state index is 11.6. The number of benzene rings is 1. The number of nitrogens with one attached hydrogen (secondary N) is 1. The van der Waals surface area contributed by atoms with Gasteiger partial charge in [-0.15, -0.1) is 0 Å². The van der Waals surface area contributed by atoms with Crippen molar-refractivity contribution in [1.29, 1.82) is 0 Å². The molecule has 2 atom stereocenters. The summed E-state index contributed by atoms with van der Waals surface area (Å²) in [6, 6.07) is 5.59. The Morgan fingerprint density at radius 1 is 1.41 bits per heavy atom. The summed E-state index contributed by atoms with van der Waals surface area (Å²) >= 11 is 0. The fourth-order valence-corrected chi connectivity index (χ4v) is 1.37. The zero-order chi connectivity index (χ0) is 12.8. The van der Waals surface area contributed by atoms with Crippen LogP contribution in [0.15, 0.2) is 24.3 Å². The van der Waals surface area contributed by atoms with E-state index in [1.807, 2.05) is 0 Å². The van der Waals surface area contributed by atoms with Crippen LogP contribution in [0, 0.1) is 0 Å². The van der Waals surface area contributed by atoms with Crippen LogP contribution in [0.3, 0.4) is 0 Å². The molecule has 0 fully saturated rings. The lowest BCUT2D eigenvalue weighted by Crippen LogP contribution is -2.46. The van der Waals surface area contributed by atoms with Crippen molar-refractivity contribution in [3.05, 3.63) is 29.8 Å². The number of rotatable bonds is 5. The maximum Gasteiger partial charge on any atom is 0.237 e. The van der Waals surface area contributed by atoms with Gasteiger partial charge in [-0.1, -0.05) is 12.1 Å². The van der Waals surface area contributed by atoms with Gasteiger partial charge in [-0.05, 0) is 31.0 Å². The highest BCUT2D eigenvalue weighted by atomic mass is 16.3. The fourth-order valence-electron chi connectivity index (χ4n) is 1.37. The van der Waals surface area contributed by atoms with Crippen molar-refractivity contribution in [1.82, 2.24) is 5.32 Å². The predicted molar refractivity (Wildman–Crippen MR) is 64.5 cm³/mol. The molecule has 0 spiro atoms.